The van der Waals surface area contributed by atoms with Crippen LogP contribution in [0.4, 0.5) is 0 Å². The van der Waals surface area contributed by atoms with Gasteiger partial charge in [0.25, 0.3) is 0 Å². The fourth-order valence-electron chi connectivity index (χ4n) is 1.57. The van der Waals surface area contributed by atoms with Crippen LogP contribution in [0.3, 0.4) is 0 Å². The Kier molecular flexibility index (Phi) is 4.66. The van der Waals surface area contributed by atoms with Gasteiger partial charge in [0, 0.05) is 0 Å². The molecule has 0 amide bonds. The number of hydrogen-bond acceptors (Lipinski definition) is 1. The monoisotopic (exact) mass is 196 g/mol. The van der Waals surface area contributed by atoms with E-state index in [-0.39, 0.29) is 0 Å². The quantitative estimate of drug-likeness (QED) is 0.628. The normalized spacial score (nSPS) is 11.1. The van der Waals surface area contributed by atoms with Gasteiger partial charge in [-0.05, 0) is 19.5 Å². The zero-order valence-electron chi connectivity index (χ0n) is 9.61. The maximum atomic E-state index is 2.40. The van der Waals surface area contributed by atoms with Crippen LogP contribution in [-0.4, -0.2) is 22.6 Å². The lowest BCUT2D eigenvalue weighted by molar-refractivity contribution is -0.715. The van der Waals surface area contributed by atoms with Gasteiger partial charge in [0.15, 0.2) is 0 Å². The lowest BCUT2D eigenvalue weighted by atomic mass is 10.5. The topological polar surface area (TPSA) is 12.0 Å². The summed E-state index contributed by atoms with van der Waals surface area (Å²) >= 11 is 0. The summed E-state index contributed by atoms with van der Waals surface area (Å²) in [4.78, 5) is 2.40. The summed E-state index contributed by atoms with van der Waals surface area (Å²) in [5, 5.41) is 0. The summed E-state index contributed by atoms with van der Waals surface area (Å²) in [6.07, 6.45) is 7.67. The van der Waals surface area contributed by atoms with Gasteiger partial charge in [-0.1, -0.05) is 20.8 Å². The van der Waals surface area contributed by atoms with Crippen LogP contribution < -0.4 is 4.57 Å². The first-order valence-electron chi connectivity index (χ1n) is 5.57. The smallest absolute Gasteiger partial charge is 0.244 e. The lowest BCUT2D eigenvalue weighted by Crippen LogP contribution is -2.42. The molecular formula is C11H22N3+. The zero-order valence-corrected chi connectivity index (χ0v) is 9.61. The van der Waals surface area contributed by atoms with Gasteiger partial charge < -0.3 is 0 Å². The SMILES string of the molecule is CCCn1cc[n+](CN(CC)CC)c1. The van der Waals surface area contributed by atoms with Crippen LogP contribution in [0.15, 0.2) is 18.7 Å². The van der Waals surface area contributed by atoms with Crippen molar-refractivity contribution in [2.75, 3.05) is 13.1 Å². The van der Waals surface area contributed by atoms with E-state index in [9.17, 15) is 0 Å². The first kappa shape index (κ1) is 11.2. The van der Waals surface area contributed by atoms with Gasteiger partial charge in [-0.2, -0.15) is 0 Å². The van der Waals surface area contributed by atoms with Crippen LogP contribution in [0, 0.1) is 0 Å². The van der Waals surface area contributed by atoms with Gasteiger partial charge in [0.05, 0.1) is 6.54 Å². The van der Waals surface area contributed by atoms with E-state index in [2.05, 4.69) is 53.5 Å². The van der Waals surface area contributed by atoms with Crippen LogP contribution in [0.2, 0.25) is 0 Å². The number of rotatable bonds is 6. The molecule has 3 heteroatoms. The van der Waals surface area contributed by atoms with E-state index >= 15 is 0 Å². The molecule has 1 heterocycles. The number of nitrogens with zero attached hydrogens (tertiary/aromatic N) is 3. The Hall–Kier alpha value is -0.830. The van der Waals surface area contributed by atoms with Crippen LogP contribution in [0.1, 0.15) is 27.2 Å². The van der Waals surface area contributed by atoms with Gasteiger partial charge >= 0.3 is 0 Å². The molecule has 1 aromatic heterocycles. The minimum absolute atomic E-state index is 1.00. The molecule has 80 valence electrons. The molecule has 0 radical (unpaired) electrons. The second-order valence-electron chi connectivity index (χ2n) is 3.61. The van der Waals surface area contributed by atoms with Crippen LogP contribution in [0.25, 0.3) is 0 Å². The first-order chi connectivity index (χ1) is 6.80. The van der Waals surface area contributed by atoms with Gasteiger partial charge in [0.1, 0.15) is 19.1 Å². The molecular weight excluding hydrogens is 174 g/mol. The van der Waals surface area contributed by atoms with Crippen molar-refractivity contribution in [2.45, 2.75) is 40.4 Å². The van der Waals surface area contributed by atoms with Gasteiger partial charge in [0.2, 0.25) is 6.33 Å². The van der Waals surface area contributed by atoms with Crippen molar-refractivity contribution in [2.24, 2.45) is 0 Å². The maximum Gasteiger partial charge on any atom is 0.244 e. The highest BCUT2D eigenvalue weighted by Crippen LogP contribution is 1.90. The molecule has 0 bridgehead atoms. The van der Waals surface area contributed by atoms with Crippen molar-refractivity contribution < 1.29 is 4.57 Å². The minimum atomic E-state index is 1.00. The Morgan fingerprint density at radius 1 is 1.21 bits per heavy atom. The highest BCUT2D eigenvalue weighted by atomic mass is 15.3. The Balaban J connectivity index is 2.49. The highest BCUT2D eigenvalue weighted by molar-refractivity contribution is 4.65. The van der Waals surface area contributed by atoms with Crippen molar-refractivity contribution in [1.29, 1.82) is 0 Å². The number of imidazole rings is 1. The fourth-order valence-corrected chi connectivity index (χ4v) is 1.57. The Labute approximate surface area is 87.0 Å². The molecule has 0 aliphatic rings. The van der Waals surface area contributed by atoms with Gasteiger partial charge in [-0.15, -0.1) is 0 Å². The summed E-state index contributed by atoms with van der Waals surface area (Å²) in [5.41, 5.74) is 0. The second-order valence-corrected chi connectivity index (χ2v) is 3.61. The van der Waals surface area contributed by atoms with Crippen molar-refractivity contribution >= 4 is 0 Å². The minimum Gasteiger partial charge on any atom is -0.268 e. The predicted molar refractivity (Wildman–Crippen MR) is 57.8 cm³/mol. The van der Waals surface area contributed by atoms with Crippen molar-refractivity contribution in [3.63, 3.8) is 0 Å². The average Bonchev–Trinajstić information content (AvgIpc) is 2.63. The van der Waals surface area contributed by atoms with Gasteiger partial charge in [-0.25, -0.2) is 9.13 Å². The zero-order chi connectivity index (χ0) is 10.4. The summed E-state index contributed by atoms with van der Waals surface area (Å²) in [6, 6.07) is 0. The number of aryl methyl sites for hydroxylation is 1. The van der Waals surface area contributed by atoms with E-state index in [4.69, 9.17) is 0 Å². The summed E-state index contributed by atoms with van der Waals surface area (Å²) in [7, 11) is 0. The molecule has 0 fully saturated rings. The highest BCUT2D eigenvalue weighted by Gasteiger charge is 2.06. The molecule has 1 rings (SSSR count). The third-order valence-electron chi connectivity index (χ3n) is 2.49. The van der Waals surface area contributed by atoms with Crippen molar-refractivity contribution in [1.82, 2.24) is 9.47 Å². The van der Waals surface area contributed by atoms with E-state index in [1.807, 2.05) is 0 Å². The summed E-state index contributed by atoms with van der Waals surface area (Å²) in [6.45, 7) is 11.0. The molecule has 0 unspecified atom stereocenters. The van der Waals surface area contributed by atoms with E-state index in [1.54, 1.807) is 0 Å². The van der Waals surface area contributed by atoms with Crippen LogP contribution in [-0.2, 0) is 13.2 Å². The standard InChI is InChI=1S/C11H22N3/c1-4-7-13-8-9-14(11-13)10-12(5-2)6-3/h8-9,11H,4-7,10H2,1-3H3/q+1. The summed E-state index contributed by atoms with van der Waals surface area (Å²) in [5.74, 6) is 0. The molecule has 0 spiro atoms. The van der Waals surface area contributed by atoms with Gasteiger partial charge in [-0.3, -0.25) is 4.90 Å². The molecule has 3 nitrogen and oxygen atoms in total. The number of hydrogen-bond donors (Lipinski definition) is 0. The molecule has 0 aromatic carbocycles. The molecule has 0 aliphatic heterocycles. The third kappa shape index (κ3) is 3.14. The number of aromatic nitrogens is 2. The Morgan fingerprint density at radius 2 is 1.93 bits per heavy atom. The predicted octanol–water partition coefficient (Wildman–Crippen LogP) is 1.48. The van der Waals surface area contributed by atoms with Crippen molar-refractivity contribution in [3.05, 3.63) is 18.7 Å². The van der Waals surface area contributed by atoms with Crippen molar-refractivity contribution in [3.8, 4) is 0 Å². The molecule has 0 atom stereocenters. The largest absolute Gasteiger partial charge is 0.268 e. The van der Waals surface area contributed by atoms with E-state index in [0.717, 1.165) is 26.3 Å². The summed E-state index contributed by atoms with van der Waals surface area (Å²) < 4.78 is 4.48. The fraction of sp³-hybridized carbons (Fsp3) is 0.727. The average molecular weight is 196 g/mol. The molecule has 0 saturated heterocycles. The molecule has 1 aromatic rings. The van der Waals surface area contributed by atoms with E-state index in [1.165, 1.54) is 6.42 Å². The molecule has 0 saturated carbocycles. The third-order valence-corrected chi connectivity index (χ3v) is 2.49. The Morgan fingerprint density at radius 3 is 2.50 bits per heavy atom. The first-order valence-corrected chi connectivity index (χ1v) is 5.57. The van der Waals surface area contributed by atoms with E-state index in [0.29, 0.717) is 0 Å². The van der Waals surface area contributed by atoms with Crippen LogP contribution in [0.5, 0.6) is 0 Å². The Bertz CT molecular complexity index is 251. The second kappa shape index (κ2) is 5.81. The maximum absolute atomic E-state index is 2.40. The lowest BCUT2D eigenvalue weighted by Gasteiger charge is -2.14. The molecule has 14 heavy (non-hydrogen) atoms. The van der Waals surface area contributed by atoms with E-state index < -0.39 is 0 Å². The van der Waals surface area contributed by atoms with Crippen LogP contribution >= 0.6 is 0 Å². The molecule has 0 N–H and O–H groups in total. The molecule has 0 aliphatic carbocycles.